The fourth-order valence-electron chi connectivity index (χ4n) is 5.67. The zero-order valence-corrected chi connectivity index (χ0v) is 16.1. The van der Waals surface area contributed by atoms with Crippen LogP contribution >= 0.6 is 0 Å². The molecule has 6 nitrogen and oxygen atoms in total. The highest BCUT2D eigenvalue weighted by Crippen LogP contribution is 2.41. The minimum absolute atomic E-state index is 0.0259. The van der Waals surface area contributed by atoms with Crippen LogP contribution in [0.4, 0.5) is 0 Å². The lowest BCUT2D eigenvalue weighted by Gasteiger charge is -2.56. The largest absolute Gasteiger partial charge is 0.461 e. The molecule has 4 heterocycles. The highest BCUT2D eigenvalue weighted by Gasteiger charge is 2.49. The molecule has 2 aromatic rings. The Kier molecular flexibility index (Phi) is 4.19. The summed E-state index contributed by atoms with van der Waals surface area (Å²) in [6, 6.07) is 7.53. The maximum atomic E-state index is 13.3. The molecule has 0 aliphatic carbocycles. The third-order valence-corrected chi connectivity index (χ3v) is 6.86. The lowest BCUT2D eigenvalue weighted by molar-refractivity contribution is -0.154. The summed E-state index contributed by atoms with van der Waals surface area (Å²) in [6.07, 6.45) is 3.45. The zero-order valence-electron chi connectivity index (χ0n) is 16.1. The number of fused-ring (bicyclic) bond motifs is 5. The normalized spacial score (nSPS) is 29.9. The minimum Gasteiger partial charge on any atom is -0.461 e. The molecule has 1 aromatic carbocycles. The second-order valence-corrected chi connectivity index (χ2v) is 8.59. The number of aryl methyl sites for hydroxylation is 1. The molecule has 1 aromatic heterocycles. The van der Waals surface area contributed by atoms with Crippen molar-refractivity contribution in [1.82, 2.24) is 9.80 Å². The van der Waals surface area contributed by atoms with Crippen LogP contribution in [0.1, 0.15) is 41.8 Å². The molecule has 3 aliphatic heterocycles. The first-order valence-corrected chi connectivity index (χ1v) is 10.3. The zero-order chi connectivity index (χ0) is 19.4. The van der Waals surface area contributed by atoms with Gasteiger partial charge in [-0.15, -0.1) is 0 Å². The Bertz CT molecular complexity index is 922. The van der Waals surface area contributed by atoms with Crippen molar-refractivity contribution in [1.29, 1.82) is 0 Å². The maximum absolute atomic E-state index is 13.3. The predicted molar refractivity (Wildman–Crippen MR) is 104 cm³/mol. The van der Waals surface area contributed by atoms with Gasteiger partial charge in [0.15, 0.2) is 0 Å². The highest BCUT2D eigenvalue weighted by molar-refractivity contribution is 5.98. The number of aliphatic hydroxyl groups is 1. The number of nitrogens with zero attached hydrogens (tertiary/aromatic N) is 2. The van der Waals surface area contributed by atoms with E-state index in [1.165, 1.54) is 0 Å². The molecule has 4 atom stereocenters. The fourth-order valence-corrected chi connectivity index (χ4v) is 5.67. The van der Waals surface area contributed by atoms with Crippen molar-refractivity contribution in [3.05, 3.63) is 35.6 Å². The third kappa shape index (κ3) is 2.73. The van der Waals surface area contributed by atoms with Gasteiger partial charge in [-0.05, 0) is 62.3 Å². The van der Waals surface area contributed by atoms with Gasteiger partial charge in [0.1, 0.15) is 11.3 Å². The summed E-state index contributed by atoms with van der Waals surface area (Å²) in [5.41, 5.74) is 1.46. The molecule has 3 aliphatic rings. The Labute approximate surface area is 164 Å². The van der Waals surface area contributed by atoms with Crippen LogP contribution < -0.4 is 0 Å². The molecule has 1 N–H and O–H groups in total. The smallest absolute Gasteiger partial charge is 0.253 e. The molecule has 2 bridgehead atoms. The van der Waals surface area contributed by atoms with E-state index < -0.39 is 0 Å². The van der Waals surface area contributed by atoms with Crippen LogP contribution in [0.5, 0.6) is 0 Å². The van der Waals surface area contributed by atoms with Crippen molar-refractivity contribution in [3.63, 3.8) is 0 Å². The monoisotopic (exact) mass is 382 g/mol. The summed E-state index contributed by atoms with van der Waals surface area (Å²) in [7, 11) is 0. The molecular weight excluding hydrogens is 356 g/mol. The summed E-state index contributed by atoms with van der Waals surface area (Å²) < 4.78 is 5.62. The molecule has 0 spiro atoms. The second kappa shape index (κ2) is 6.62. The Morgan fingerprint density at radius 1 is 1.25 bits per heavy atom. The summed E-state index contributed by atoms with van der Waals surface area (Å²) >= 11 is 0. The van der Waals surface area contributed by atoms with Crippen LogP contribution in [-0.4, -0.2) is 58.5 Å². The van der Waals surface area contributed by atoms with E-state index >= 15 is 0 Å². The van der Waals surface area contributed by atoms with Crippen molar-refractivity contribution < 1.29 is 19.1 Å². The maximum Gasteiger partial charge on any atom is 0.253 e. The Hall–Kier alpha value is -2.34. The van der Waals surface area contributed by atoms with Gasteiger partial charge in [0, 0.05) is 36.5 Å². The topological polar surface area (TPSA) is 74.0 Å². The number of rotatable bonds is 2. The average Bonchev–Trinajstić information content (AvgIpc) is 3.07. The van der Waals surface area contributed by atoms with Crippen molar-refractivity contribution >= 4 is 22.8 Å². The third-order valence-electron chi connectivity index (χ3n) is 6.86. The molecule has 3 fully saturated rings. The minimum atomic E-state index is -0.163. The molecule has 5 rings (SSSR count). The quantitative estimate of drug-likeness (QED) is 0.866. The number of furan rings is 1. The van der Waals surface area contributed by atoms with Crippen LogP contribution in [0, 0.1) is 18.8 Å². The number of hydrogen-bond donors (Lipinski definition) is 1. The van der Waals surface area contributed by atoms with Crippen LogP contribution in [0.2, 0.25) is 0 Å². The van der Waals surface area contributed by atoms with Crippen molar-refractivity contribution in [2.45, 2.75) is 44.7 Å². The highest BCUT2D eigenvalue weighted by atomic mass is 16.3. The number of piperidine rings is 3. The number of aliphatic hydroxyl groups excluding tert-OH is 1. The van der Waals surface area contributed by atoms with E-state index in [1.807, 2.05) is 41.0 Å². The van der Waals surface area contributed by atoms with E-state index in [2.05, 4.69) is 0 Å². The standard InChI is InChI=1S/C22H26N2O4/c1-13-7-15-8-14(5-6-20(15)28-13)22(27)23-10-16-9-17(11-23)19(12-25)24-18(16)3-2-4-21(24)26/h5-8,16-19,25H,2-4,9-12H2,1H3/t16-,17+,18+,19+/m1/s1. The van der Waals surface area contributed by atoms with Crippen LogP contribution in [0.25, 0.3) is 11.0 Å². The summed E-state index contributed by atoms with van der Waals surface area (Å²) in [5, 5.41) is 11.0. The number of benzene rings is 1. The number of amides is 2. The number of carbonyl (C=O) groups excluding carboxylic acids is 2. The summed E-state index contributed by atoms with van der Waals surface area (Å²) in [4.78, 5) is 29.7. The lowest BCUT2D eigenvalue weighted by atomic mass is 9.72. The van der Waals surface area contributed by atoms with Gasteiger partial charge in [-0.25, -0.2) is 0 Å². The second-order valence-electron chi connectivity index (χ2n) is 8.59. The first kappa shape index (κ1) is 17.7. The van der Waals surface area contributed by atoms with E-state index in [9.17, 15) is 14.7 Å². The first-order chi connectivity index (χ1) is 13.5. The van der Waals surface area contributed by atoms with Gasteiger partial charge in [0.25, 0.3) is 5.91 Å². The first-order valence-electron chi connectivity index (χ1n) is 10.3. The molecule has 3 saturated heterocycles. The van der Waals surface area contributed by atoms with E-state index in [-0.39, 0.29) is 36.4 Å². The van der Waals surface area contributed by atoms with Crippen molar-refractivity contribution in [2.24, 2.45) is 11.8 Å². The Morgan fingerprint density at radius 3 is 2.89 bits per heavy atom. The van der Waals surface area contributed by atoms with Crippen LogP contribution in [0.3, 0.4) is 0 Å². The molecule has 2 amide bonds. The van der Waals surface area contributed by atoms with Gasteiger partial charge in [-0.3, -0.25) is 9.59 Å². The SMILES string of the molecule is Cc1cc2cc(C(=O)N3C[C@H]4C[C@@H](C3)[C@H](CO)N3C(=O)CCC[C@@H]43)ccc2o1. The van der Waals surface area contributed by atoms with Gasteiger partial charge < -0.3 is 19.3 Å². The van der Waals surface area contributed by atoms with Crippen LogP contribution in [0.15, 0.2) is 28.7 Å². The fraction of sp³-hybridized carbons (Fsp3) is 0.545. The lowest BCUT2D eigenvalue weighted by Crippen LogP contribution is -2.66. The molecule has 6 heteroatoms. The predicted octanol–water partition coefficient (Wildman–Crippen LogP) is 2.58. The van der Waals surface area contributed by atoms with Gasteiger partial charge in [0.05, 0.1) is 12.6 Å². The van der Waals surface area contributed by atoms with E-state index in [1.54, 1.807) is 0 Å². The van der Waals surface area contributed by atoms with E-state index in [0.717, 1.165) is 36.0 Å². The molecule has 28 heavy (non-hydrogen) atoms. The molecule has 0 radical (unpaired) electrons. The molecule has 148 valence electrons. The summed E-state index contributed by atoms with van der Waals surface area (Å²) in [5.74, 6) is 1.48. The summed E-state index contributed by atoms with van der Waals surface area (Å²) in [6.45, 7) is 3.16. The molecular formula is C22H26N2O4. The van der Waals surface area contributed by atoms with Gasteiger partial charge in [-0.1, -0.05) is 0 Å². The van der Waals surface area contributed by atoms with Gasteiger partial charge in [0.2, 0.25) is 5.91 Å². The van der Waals surface area contributed by atoms with Crippen LogP contribution in [-0.2, 0) is 4.79 Å². The Balaban J connectivity index is 1.42. The molecule has 0 saturated carbocycles. The molecule has 0 unspecified atom stereocenters. The Morgan fingerprint density at radius 2 is 2.07 bits per heavy atom. The van der Waals surface area contributed by atoms with Crippen molar-refractivity contribution in [2.75, 3.05) is 19.7 Å². The van der Waals surface area contributed by atoms with Gasteiger partial charge >= 0.3 is 0 Å². The number of carbonyl (C=O) groups is 2. The van der Waals surface area contributed by atoms with E-state index in [4.69, 9.17) is 4.42 Å². The number of likely N-dealkylation sites (tertiary alicyclic amines) is 1. The van der Waals surface area contributed by atoms with Crippen molar-refractivity contribution in [3.8, 4) is 0 Å². The number of hydrogen-bond acceptors (Lipinski definition) is 4. The van der Waals surface area contributed by atoms with Gasteiger partial charge in [-0.2, -0.15) is 0 Å². The average molecular weight is 382 g/mol. The van der Waals surface area contributed by atoms with E-state index in [0.29, 0.717) is 31.0 Å².